The van der Waals surface area contributed by atoms with E-state index >= 15 is 0 Å². The minimum atomic E-state index is -0.0289. The van der Waals surface area contributed by atoms with Gasteiger partial charge in [0.25, 0.3) is 5.91 Å². The number of carbonyl (C=O) groups is 1. The Morgan fingerprint density at radius 1 is 1.14 bits per heavy atom. The molecule has 0 aromatic heterocycles. The van der Waals surface area contributed by atoms with E-state index in [1.165, 1.54) is 37.0 Å². The highest BCUT2D eigenvalue weighted by Gasteiger charge is 2.25. The molecule has 21 heavy (non-hydrogen) atoms. The van der Waals surface area contributed by atoms with Gasteiger partial charge in [-0.1, -0.05) is 6.42 Å². The van der Waals surface area contributed by atoms with Gasteiger partial charge in [-0.2, -0.15) is 5.26 Å². The quantitative estimate of drug-likeness (QED) is 0.889. The van der Waals surface area contributed by atoms with Crippen molar-refractivity contribution in [3.05, 3.63) is 29.8 Å². The lowest BCUT2D eigenvalue weighted by atomic mass is 10.1. The molecule has 0 saturated carbocycles. The molecule has 1 saturated heterocycles. The van der Waals surface area contributed by atoms with E-state index in [1.54, 1.807) is 24.3 Å². The Morgan fingerprint density at radius 2 is 1.71 bits per heavy atom. The van der Waals surface area contributed by atoms with Crippen molar-refractivity contribution < 1.29 is 9.69 Å². The maximum absolute atomic E-state index is 12.4. The molecule has 1 aromatic carbocycles. The molecule has 1 heterocycles. The molecule has 4 nitrogen and oxygen atoms in total. The number of nitrogens with zero attached hydrogens (tertiary/aromatic N) is 1. The summed E-state index contributed by atoms with van der Waals surface area (Å²) in [5.74, 6) is 0.0651. The van der Waals surface area contributed by atoms with Crippen LogP contribution in [-0.2, 0) is 4.79 Å². The van der Waals surface area contributed by atoms with Gasteiger partial charge in [-0.05, 0) is 56.9 Å². The van der Waals surface area contributed by atoms with Gasteiger partial charge in [-0.25, -0.2) is 0 Å². The fourth-order valence-electron chi connectivity index (χ4n) is 2.86. The largest absolute Gasteiger partial charge is 0.325 e. The number of anilines is 1. The van der Waals surface area contributed by atoms with Crippen LogP contribution >= 0.6 is 0 Å². The average Bonchev–Trinajstić information content (AvgIpc) is 2.47. The molecule has 0 radical (unpaired) electrons. The number of likely N-dealkylation sites (tertiary alicyclic amines) is 1. The van der Waals surface area contributed by atoms with Crippen LogP contribution in [0.5, 0.6) is 0 Å². The molecule has 2 rings (SSSR count). The molecule has 1 amide bonds. The maximum atomic E-state index is 12.4. The minimum absolute atomic E-state index is 0.0289. The molecule has 1 aromatic rings. The molecule has 0 bridgehead atoms. The van der Waals surface area contributed by atoms with Crippen molar-refractivity contribution in [2.75, 3.05) is 18.4 Å². The van der Waals surface area contributed by atoms with E-state index in [0.29, 0.717) is 5.56 Å². The number of carbonyl (C=O) groups excluding carboxylic acids is 1. The van der Waals surface area contributed by atoms with Crippen molar-refractivity contribution in [1.29, 1.82) is 5.26 Å². The summed E-state index contributed by atoms with van der Waals surface area (Å²) in [4.78, 5) is 13.8. The van der Waals surface area contributed by atoms with Crippen molar-refractivity contribution in [1.82, 2.24) is 0 Å². The van der Waals surface area contributed by atoms with Crippen LogP contribution in [0, 0.1) is 11.3 Å². The second kappa shape index (κ2) is 7.80. The van der Waals surface area contributed by atoms with E-state index < -0.39 is 0 Å². The highest BCUT2D eigenvalue weighted by atomic mass is 16.2. The van der Waals surface area contributed by atoms with Crippen LogP contribution in [0.3, 0.4) is 0 Å². The third-order valence-corrected chi connectivity index (χ3v) is 4.28. The number of benzene rings is 1. The van der Waals surface area contributed by atoms with Crippen LogP contribution in [0.2, 0.25) is 0 Å². The standard InChI is InChI=1S/C17H23N3O/c1-14(20-11-5-3-2-4-6-12-20)17(21)19-16-9-7-15(13-18)8-10-16/h7-10,14H,2-6,11-12H2,1H3,(H,19,21)/p+1/t14-/m1/s1. The van der Waals surface area contributed by atoms with Crippen molar-refractivity contribution >= 4 is 11.6 Å². The lowest BCUT2D eigenvalue weighted by Crippen LogP contribution is -3.16. The molecule has 0 unspecified atom stereocenters. The van der Waals surface area contributed by atoms with Gasteiger partial charge in [-0.3, -0.25) is 4.79 Å². The fraction of sp³-hybridized carbons (Fsp3) is 0.529. The van der Waals surface area contributed by atoms with E-state index in [2.05, 4.69) is 11.4 Å². The first kappa shape index (κ1) is 15.5. The summed E-state index contributed by atoms with van der Waals surface area (Å²) in [5.41, 5.74) is 1.37. The van der Waals surface area contributed by atoms with E-state index in [9.17, 15) is 4.79 Å². The van der Waals surface area contributed by atoms with Gasteiger partial charge in [0, 0.05) is 5.69 Å². The van der Waals surface area contributed by atoms with E-state index in [-0.39, 0.29) is 11.9 Å². The van der Waals surface area contributed by atoms with Gasteiger partial charge < -0.3 is 10.2 Å². The number of rotatable bonds is 3. The van der Waals surface area contributed by atoms with Gasteiger partial charge in [0.15, 0.2) is 6.04 Å². The highest BCUT2D eigenvalue weighted by Crippen LogP contribution is 2.09. The van der Waals surface area contributed by atoms with E-state index in [4.69, 9.17) is 5.26 Å². The van der Waals surface area contributed by atoms with Crippen LogP contribution in [0.1, 0.15) is 44.6 Å². The highest BCUT2D eigenvalue weighted by molar-refractivity contribution is 5.93. The Labute approximate surface area is 126 Å². The SMILES string of the molecule is C[C@H](C(=O)Nc1ccc(C#N)cc1)[NH+]1CCCCCCC1. The van der Waals surface area contributed by atoms with Crippen molar-refractivity contribution in [2.45, 2.75) is 45.1 Å². The molecule has 2 N–H and O–H groups in total. The lowest BCUT2D eigenvalue weighted by Gasteiger charge is -2.26. The number of hydrogen-bond acceptors (Lipinski definition) is 2. The molecule has 1 fully saturated rings. The van der Waals surface area contributed by atoms with Crippen molar-refractivity contribution in [2.24, 2.45) is 0 Å². The van der Waals surface area contributed by atoms with Crippen LogP contribution < -0.4 is 10.2 Å². The predicted molar refractivity (Wildman–Crippen MR) is 83.0 cm³/mol. The molecule has 112 valence electrons. The van der Waals surface area contributed by atoms with E-state index in [0.717, 1.165) is 18.8 Å². The first-order valence-corrected chi connectivity index (χ1v) is 7.86. The first-order valence-electron chi connectivity index (χ1n) is 7.86. The number of hydrogen-bond donors (Lipinski definition) is 2. The average molecular weight is 286 g/mol. The van der Waals surface area contributed by atoms with Crippen LogP contribution in [0.15, 0.2) is 24.3 Å². The van der Waals surface area contributed by atoms with Crippen molar-refractivity contribution in [3.8, 4) is 6.07 Å². The summed E-state index contributed by atoms with van der Waals surface area (Å²) in [6.45, 7) is 4.18. The monoisotopic (exact) mass is 286 g/mol. The molecule has 0 spiro atoms. The first-order chi connectivity index (χ1) is 10.2. The fourth-order valence-corrected chi connectivity index (χ4v) is 2.86. The second-order valence-electron chi connectivity index (χ2n) is 5.83. The molecular formula is C17H24N3O+. The number of nitrogens with one attached hydrogen (secondary N) is 2. The molecular weight excluding hydrogens is 262 g/mol. The van der Waals surface area contributed by atoms with Gasteiger partial charge in [-0.15, -0.1) is 0 Å². The summed E-state index contributed by atoms with van der Waals surface area (Å²) < 4.78 is 0. The summed E-state index contributed by atoms with van der Waals surface area (Å²) >= 11 is 0. The summed E-state index contributed by atoms with van der Waals surface area (Å²) in [6, 6.07) is 9.07. The molecule has 4 heteroatoms. The van der Waals surface area contributed by atoms with Crippen molar-refractivity contribution in [3.63, 3.8) is 0 Å². The molecule has 0 aliphatic carbocycles. The van der Waals surface area contributed by atoms with Crippen LogP contribution in [-0.4, -0.2) is 25.0 Å². The Kier molecular flexibility index (Phi) is 5.77. The second-order valence-corrected chi connectivity index (χ2v) is 5.83. The zero-order valence-corrected chi connectivity index (χ0v) is 12.7. The summed E-state index contributed by atoms with van der Waals surface area (Å²) in [6.07, 6.45) is 6.33. The zero-order chi connectivity index (χ0) is 15.1. The number of quaternary nitrogens is 1. The number of nitriles is 1. The Balaban J connectivity index is 1.92. The third-order valence-electron chi connectivity index (χ3n) is 4.28. The zero-order valence-electron chi connectivity index (χ0n) is 12.7. The lowest BCUT2D eigenvalue weighted by molar-refractivity contribution is -0.914. The maximum Gasteiger partial charge on any atom is 0.282 e. The molecule has 1 aliphatic heterocycles. The van der Waals surface area contributed by atoms with Gasteiger partial charge in [0.1, 0.15) is 0 Å². The smallest absolute Gasteiger partial charge is 0.282 e. The molecule has 1 aliphatic rings. The number of amides is 1. The summed E-state index contributed by atoms with van der Waals surface area (Å²) in [7, 11) is 0. The van der Waals surface area contributed by atoms with Crippen LogP contribution in [0.25, 0.3) is 0 Å². The summed E-state index contributed by atoms with van der Waals surface area (Å²) in [5, 5.41) is 11.7. The topological polar surface area (TPSA) is 57.3 Å². The Bertz CT molecular complexity index is 496. The molecule has 1 atom stereocenters. The Hall–Kier alpha value is -1.86. The van der Waals surface area contributed by atoms with Gasteiger partial charge in [0.2, 0.25) is 0 Å². The van der Waals surface area contributed by atoms with Gasteiger partial charge >= 0.3 is 0 Å². The predicted octanol–water partition coefficient (Wildman–Crippen LogP) is 1.73. The minimum Gasteiger partial charge on any atom is -0.325 e. The van der Waals surface area contributed by atoms with Crippen LogP contribution in [0.4, 0.5) is 5.69 Å². The normalized spacial score (nSPS) is 18.1. The Morgan fingerprint density at radius 3 is 2.29 bits per heavy atom. The van der Waals surface area contributed by atoms with Gasteiger partial charge in [0.05, 0.1) is 24.7 Å². The third kappa shape index (κ3) is 4.57. The van der Waals surface area contributed by atoms with E-state index in [1.807, 2.05) is 6.92 Å².